The number of aliphatic hydroxyl groups is 2. The summed E-state index contributed by atoms with van der Waals surface area (Å²) in [6, 6.07) is 7.34. The second-order valence-corrected chi connectivity index (χ2v) is 4.54. The van der Waals surface area contributed by atoms with Crippen molar-refractivity contribution >= 4 is 17.7 Å². The molecule has 0 fully saturated rings. The van der Waals surface area contributed by atoms with Crippen LogP contribution in [0.1, 0.15) is 18.6 Å². The molecule has 0 spiro atoms. The third-order valence-electron chi connectivity index (χ3n) is 2.38. The minimum Gasteiger partial charge on any atom is -0.388 e. The molecule has 0 heterocycles. The summed E-state index contributed by atoms with van der Waals surface area (Å²) in [6.07, 6.45) is -0.0936. The topological polar surface area (TPSA) is 69.6 Å². The number of rotatable bonds is 5. The highest BCUT2D eigenvalue weighted by Crippen LogP contribution is 2.27. The molecule has 0 saturated heterocycles. The standard InChI is InChI=1S/C12H17NO3S/c1-8(14)13-7-10(15)12(16)9-5-3-4-6-11(9)17-2/h3-6,10,12,15-16H,7H2,1-2H3,(H,13,14). The van der Waals surface area contributed by atoms with E-state index in [1.165, 1.54) is 18.7 Å². The summed E-state index contributed by atoms with van der Waals surface area (Å²) >= 11 is 1.51. The fourth-order valence-corrected chi connectivity index (χ4v) is 2.12. The number of carbonyl (C=O) groups is 1. The zero-order chi connectivity index (χ0) is 12.8. The second-order valence-electron chi connectivity index (χ2n) is 3.69. The van der Waals surface area contributed by atoms with Crippen LogP contribution in [0.3, 0.4) is 0 Å². The Kier molecular flexibility index (Phi) is 5.47. The summed E-state index contributed by atoms with van der Waals surface area (Å²) in [7, 11) is 0. The maximum atomic E-state index is 10.7. The van der Waals surface area contributed by atoms with E-state index >= 15 is 0 Å². The number of amides is 1. The summed E-state index contributed by atoms with van der Waals surface area (Å²) in [4.78, 5) is 11.6. The molecular formula is C12H17NO3S. The molecule has 3 N–H and O–H groups in total. The average molecular weight is 255 g/mol. The molecule has 0 aromatic heterocycles. The van der Waals surface area contributed by atoms with E-state index < -0.39 is 12.2 Å². The smallest absolute Gasteiger partial charge is 0.216 e. The van der Waals surface area contributed by atoms with Gasteiger partial charge in [-0.05, 0) is 17.9 Å². The van der Waals surface area contributed by atoms with Crippen LogP contribution in [-0.4, -0.2) is 35.0 Å². The number of aliphatic hydroxyl groups excluding tert-OH is 2. The van der Waals surface area contributed by atoms with Crippen molar-refractivity contribution in [2.75, 3.05) is 12.8 Å². The van der Waals surface area contributed by atoms with E-state index in [9.17, 15) is 15.0 Å². The van der Waals surface area contributed by atoms with Crippen LogP contribution in [0.4, 0.5) is 0 Å². The summed E-state index contributed by atoms with van der Waals surface area (Å²) in [5, 5.41) is 22.2. The fraction of sp³-hybridized carbons (Fsp3) is 0.417. The highest BCUT2D eigenvalue weighted by molar-refractivity contribution is 7.98. The number of carbonyl (C=O) groups excluding carboxylic acids is 1. The predicted octanol–water partition coefficient (Wildman–Crippen LogP) is 0.939. The Morgan fingerprint density at radius 1 is 1.41 bits per heavy atom. The Hall–Kier alpha value is -1.04. The van der Waals surface area contributed by atoms with Crippen LogP contribution in [0.15, 0.2) is 29.2 Å². The first kappa shape index (κ1) is 14.0. The van der Waals surface area contributed by atoms with Gasteiger partial charge >= 0.3 is 0 Å². The lowest BCUT2D eigenvalue weighted by atomic mass is 10.0. The molecule has 0 aliphatic carbocycles. The summed E-state index contributed by atoms with van der Waals surface area (Å²) in [6.45, 7) is 1.41. The van der Waals surface area contributed by atoms with Crippen molar-refractivity contribution in [3.63, 3.8) is 0 Å². The Labute approximate surface area is 105 Å². The maximum absolute atomic E-state index is 10.7. The number of hydrogen-bond acceptors (Lipinski definition) is 4. The Balaban J connectivity index is 2.73. The molecule has 2 unspecified atom stereocenters. The maximum Gasteiger partial charge on any atom is 0.216 e. The van der Waals surface area contributed by atoms with Crippen LogP contribution in [0.25, 0.3) is 0 Å². The predicted molar refractivity (Wildman–Crippen MR) is 67.9 cm³/mol. The van der Waals surface area contributed by atoms with Crippen LogP contribution < -0.4 is 5.32 Å². The van der Waals surface area contributed by atoms with Gasteiger partial charge in [-0.1, -0.05) is 18.2 Å². The lowest BCUT2D eigenvalue weighted by Crippen LogP contribution is -2.34. The van der Waals surface area contributed by atoms with Crippen molar-refractivity contribution in [3.8, 4) is 0 Å². The van der Waals surface area contributed by atoms with E-state index in [0.717, 1.165) is 4.90 Å². The normalized spacial score (nSPS) is 14.1. The number of thioether (sulfide) groups is 1. The van der Waals surface area contributed by atoms with Gasteiger partial charge in [0, 0.05) is 18.4 Å². The summed E-state index contributed by atoms with van der Waals surface area (Å²) < 4.78 is 0. The lowest BCUT2D eigenvalue weighted by Gasteiger charge is -2.20. The molecule has 1 amide bonds. The highest BCUT2D eigenvalue weighted by atomic mass is 32.2. The van der Waals surface area contributed by atoms with Crippen LogP contribution in [0, 0.1) is 0 Å². The zero-order valence-corrected chi connectivity index (χ0v) is 10.7. The number of hydrogen-bond donors (Lipinski definition) is 3. The number of nitrogens with one attached hydrogen (secondary N) is 1. The van der Waals surface area contributed by atoms with Crippen LogP contribution in [-0.2, 0) is 4.79 Å². The highest BCUT2D eigenvalue weighted by Gasteiger charge is 2.20. The quantitative estimate of drug-likeness (QED) is 0.685. The van der Waals surface area contributed by atoms with Crippen LogP contribution in [0.2, 0.25) is 0 Å². The van der Waals surface area contributed by atoms with Crippen molar-refractivity contribution in [2.45, 2.75) is 24.0 Å². The SMILES string of the molecule is CSc1ccccc1C(O)C(O)CNC(C)=O. The minimum atomic E-state index is -1.01. The Morgan fingerprint density at radius 2 is 2.06 bits per heavy atom. The van der Waals surface area contributed by atoms with Gasteiger partial charge in [0.05, 0.1) is 0 Å². The van der Waals surface area contributed by atoms with E-state index in [4.69, 9.17) is 0 Å². The van der Waals surface area contributed by atoms with Crippen molar-refractivity contribution < 1.29 is 15.0 Å². The fourth-order valence-electron chi connectivity index (χ4n) is 1.48. The van der Waals surface area contributed by atoms with Gasteiger partial charge in [-0.15, -0.1) is 11.8 Å². The lowest BCUT2D eigenvalue weighted by molar-refractivity contribution is -0.119. The molecule has 1 aromatic rings. The molecule has 0 bridgehead atoms. The summed E-state index contributed by atoms with van der Waals surface area (Å²) in [5.41, 5.74) is 0.679. The molecule has 1 rings (SSSR count). The number of benzene rings is 1. The Morgan fingerprint density at radius 3 is 2.65 bits per heavy atom. The molecule has 4 nitrogen and oxygen atoms in total. The van der Waals surface area contributed by atoms with Gasteiger partial charge in [0.25, 0.3) is 0 Å². The van der Waals surface area contributed by atoms with Gasteiger partial charge in [0.2, 0.25) is 5.91 Å². The third kappa shape index (κ3) is 4.03. The first-order valence-corrected chi connectivity index (χ1v) is 6.52. The van der Waals surface area contributed by atoms with Crippen LogP contribution in [0.5, 0.6) is 0 Å². The molecule has 2 atom stereocenters. The molecule has 0 radical (unpaired) electrons. The zero-order valence-electron chi connectivity index (χ0n) is 9.88. The molecule has 0 saturated carbocycles. The average Bonchev–Trinajstić information content (AvgIpc) is 2.34. The van der Waals surface area contributed by atoms with Crippen molar-refractivity contribution in [1.82, 2.24) is 5.32 Å². The first-order chi connectivity index (χ1) is 8.06. The van der Waals surface area contributed by atoms with Crippen molar-refractivity contribution in [1.29, 1.82) is 0 Å². The minimum absolute atomic E-state index is 0.0409. The van der Waals surface area contributed by atoms with Crippen molar-refractivity contribution in [2.24, 2.45) is 0 Å². The monoisotopic (exact) mass is 255 g/mol. The van der Waals surface area contributed by atoms with Gasteiger partial charge < -0.3 is 15.5 Å². The third-order valence-corrected chi connectivity index (χ3v) is 3.19. The van der Waals surface area contributed by atoms with E-state index in [0.29, 0.717) is 5.56 Å². The van der Waals surface area contributed by atoms with E-state index in [1.807, 2.05) is 24.5 Å². The molecule has 0 aliphatic heterocycles. The largest absolute Gasteiger partial charge is 0.388 e. The van der Waals surface area contributed by atoms with E-state index in [2.05, 4.69) is 5.32 Å². The summed E-state index contributed by atoms with van der Waals surface area (Å²) in [5.74, 6) is -0.227. The molecule has 5 heteroatoms. The van der Waals surface area contributed by atoms with Gasteiger partial charge in [0.15, 0.2) is 0 Å². The Bertz CT molecular complexity index is 384. The van der Waals surface area contributed by atoms with E-state index in [1.54, 1.807) is 6.07 Å². The van der Waals surface area contributed by atoms with Gasteiger partial charge in [-0.25, -0.2) is 0 Å². The molecular weight excluding hydrogens is 238 g/mol. The molecule has 1 aromatic carbocycles. The molecule has 0 aliphatic rings. The van der Waals surface area contributed by atoms with Crippen molar-refractivity contribution in [3.05, 3.63) is 29.8 Å². The first-order valence-electron chi connectivity index (χ1n) is 5.29. The van der Waals surface area contributed by atoms with Gasteiger partial charge in [-0.3, -0.25) is 4.79 Å². The molecule has 94 valence electrons. The van der Waals surface area contributed by atoms with Gasteiger partial charge in [-0.2, -0.15) is 0 Å². The van der Waals surface area contributed by atoms with E-state index in [-0.39, 0.29) is 12.5 Å². The van der Waals surface area contributed by atoms with Gasteiger partial charge in [0.1, 0.15) is 12.2 Å². The van der Waals surface area contributed by atoms with Crippen LogP contribution >= 0.6 is 11.8 Å². The molecule has 17 heavy (non-hydrogen) atoms. The second kappa shape index (κ2) is 6.64.